The number of aryl methyl sites for hydroxylation is 1. The first-order valence-corrected chi connectivity index (χ1v) is 10.8. The van der Waals surface area contributed by atoms with Crippen LogP contribution in [0.2, 0.25) is 0 Å². The molecule has 8 heteroatoms. The van der Waals surface area contributed by atoms with Crippen molar-refractivity contribution in [3.8, 4) is 0 Å². The Balaban J connectivity index is 1.52. The Morgan fingerprint density at radius 1 is 1.37 bits per heavy atom. The van der Waals surface area contributed by atoms with E-state index in [1.807, 2.05) is 24.4 Å². The highest BCUT2D eigenvalue weighted by Crippen LogP contribution is 2.25. The number of thiazole rings is 1. The van der Waals surface area contributed by atoms with Gasteiger partial charge in [-0.05, 0) is 44.3 Å². The number of hydrogen-bond acceptors (Lipinski definition) is 7. The summed E-state index contributed by atoms with van der Waals surface area (Å²) in [4.78, 5) is 32.3. The van der Waals surface area contributed by atoms with E-state index in [2.05, 4.69) is 20.6 Å². The molecular formula is C19H25N3O3S2. The predicted octanol–water partition coefficient (Wildman–Crippen LogP) is 3.15. The second kappa shape index (κ2) is 9.43. The maximum atomic E-state index is 12.8. The fourth-order valence-corrected chi connectivity index (χ4v) is 4.70. The summed E-state index contributed by atoms with van der Waals surface area (Å²) < 4.78 is 4.78. The minimum Gasteiger partial charge on any atom is -0.469 e. The fraction of sp³-hybridized carbons (Fsp3) is 0.526. The molecule has 1 saturated heterocycles. The molecule has 2 aromatic heterocycles. The summed E-state index contributed by atoms with van der Waals surface area (Å²) in [5, 5.41) is 8.20. The van der Waals surface area contributed by atoms with Crippen LogP contribution in [0.4, 0.5) is 0 Å². The zero-order chi connectivity index (χ0) is 19.2. The van der Waals surface area contributed by atoms with Gasteiger partial charge in [0.2, 0.25) is 5.91 Å². The number of carbonyl (C=O) groups is 2. The van der Waals surface area contributed by atoms with Crippen LogP contribution < -0.4 is 5.32 Å². The topological polar surface area (TPSA) is 71.5 Å². The highest BCUT2D eigenvalue weighted by Gasteiger charge is 2.28. The molecule has 0 bridgehead atoms. The van der Waals surface area contributed by atoms with E-state index in [-0.39, 0.29) is 30.3 Å². The van der Waals surface area contributed by atoms with E-state index in [4.69, 9.17) is 4.74 Å². The van der Waals surface area contributed by atoms with E-state index in [1.165, 1.54) is 18.4 Å². The molecule has 2 aromatic rings. The van der Waals surface area contributed by atoms with E-state index in [0.29, 0.717) is 0 Å². The van der Waals surface area contributed by atoms with Gasteiger partial charge in [-0.2, -0.15) is 0 Å². The van der Waals surface area contributed by atoms with Crippen molar-refractivity contribution in [3.05, 3.63) is 38.5 Å². The number of methoxy groups -OCH3 is 1. The van der Waals surface area contributed by atoms with Crippen LogP contribution in [0.15, 0.2) is 22.9 Å². The standard InChI is InChI=1S/C19H25N3O3S2/c1-13-20-15(12-27-13)11-22-7-5-14(6-8-22)19(24)21-16(10-18(23)25-2)17-4-3-9-26-17/h3-4,9,12,14,16H,5-8,10-11H2,1-2H3,(H,21,24). The van der Waals surface area contributed by atoms with Crippen molar-refractivity contribution in [3.63, 3.8) is 0 Å². The first kappa shape index (κ1) is 20.0. The Morgan fingerprint density at radius 3 is 2.74 bits per heavy atom. The summed E-state index contributed by atoms with van der Waals surface area (Å²) in [6.07, 6.45) is 1.81. The molecular weight excluding hydrogens is 382 g/mol. The smallest absolute Gasteiger partial charge is 0.307 e. The van der Waals surface area contributed by atoms with Gasteiger partial charge in [0.1, 0.15) is 0 Å². The molecule has 0 aliphatic carbocycles. The lowest BCUT2D eigenvalue weighted by molar-refractivity contribution is -0.141. The van der Waals surface area contributed by atoms with Gasteiger partial charge in [-0.15, -0.1) is 22.7 Å². The van der Waals surface area contributed by atoms with Gasteiger partial charge < -0.3 is 10.1 Å². The summed E-state index contributed by atoms with van der Waals surface area (Å²) in [6, 6.07) is 3.55. The number of likely N-dealkylation sites (tertiary alicyclic amines) is 1. The molecule has 6 nitrogen and oxygen atoms in total. The third kappa shape index (κ3) is 5.60. The molecule has 0 radical (unpaired) electrons. The number of nitrogens with zero attached hydrogens (tertiary/aromatic N) is 2. The number of aromatic nitrogens is 1. The number of amides is 1. The lowest BCUT2D eigenvalue weighted by Crippen LogP contribution is -2.41. The summed E-state index contributed by atoms with van der Waals surface area (Å²) >= 11 is 3.21. The first-order valence-electron chi connectivity index (χ1n) is 9.09. The van der Waals surface area contributed by atoms with Crippen molar-refractivity contribution < 1.29 is 14.3 Å². The second-order valence-electron chi connectivity index (χ2n) is 6.77. The zero-order valence-electron chi connectivity index (χ0n) is 15.6. The first-order chi connectivity index (χ1) is 13.0. The molecule has 0 aromatic carbocycles. The van der Waals surface area contributed by atoms with E-state index < -0.39 is 0 Å². The number of thiophene rings is 1. The van der Waals surface area contributed by atoms with Crippen LogP contribution in [-0.4, -0.2) is 42.0 Å². The third-order valence-corrected chi connectivity index (χ3v) is 6.62. The van der Waals surface area contributed by atoms with Crippen molar-refractivity contribution in [2.75, 3.05) is 20.2 Å². The van der Waals surface area contributed by atoms with Crippen molar-refractivity contribution in [2.45, 2.75) is 38.8 Å². The number of rotatable bonds is 7. The molecule has 3 rings (SSSR count). The maximum Gasteiger partial charge on any atom is 0.307 e. The Kier molecular flexibility index (Phi) is 6.98. The van der Waals surface area contributed by atoms with E-state index in [9.17, 15) is 9.59 Å². The molecule has 146 valence electrons. The number of esters is 1. The number of nitrogens with one attached hydrogen (secondary N) is 1. The van der Waals surface area contributed by atoms with Crippen LogP contribution in [0.25, 0.3) is 0 Å². The van der Waals surface area contributed by atoms with Crippen LogP contribution in [0.5, 0.6) is 0 Å². The summed E-state index contributed by atoms with van der Waals surface area (Å²) in [5.41, 5.74) is 1.11. The number of hydrogen-bond donors (Lipinski definition) is 1. The fourth-order valence-electron chi connectivity index (χ4n) is 3.32. The van der Waals surface area contributed by atoms with E-state index in [0.717, 1.165) is 48.1 Å². The van der Waals surface area contributed by atoms with Crippen molar-refractivity contribution in [2.24, 2.45) is 5.92 Å². The molecule has 3 heterocycles. The third-order valence-electron chi connectivity index (χ3n) is 4.81. The average Bonchev–Trinajstić information content (AvgIpc) is 3.33. The monoisotopic (exact) mass is 407 g/mol. The Bertz CT molecular complexity index is 752. The normalized spacial score (nSPS) is 16.8. The Morgan fingerprint density at radius 2 is 2.15 bits per heavy atom. The molecule has 1 atom stereocenters. The Labute approximate surface area is 167 Å². The van der Waals surface area contributed by atoms with Crippen LogP contribution in [0, 0.1) is 12.8 Å². The second-order valence-corrected chi connectivity index (χ2v) is 8.81. The van der Waals surface area contributed by atoms with Gasteiger partial charge >= 0.3 is 5.97 Å². The largest absolute Gasteiger partial charge is 0.469 e. The predicted molar refractivity (Wildman–Crippen MR) is 107 cm³/mol. The van der Waals surface area contributed by atoms with Gasteiger partial charge in [0.15, 0.2) is 0 Å². The van der Waals surface area contributed by atoms with Crippen LogP contribution in [0.3, 0.4) is 0 Å². The molecule has 1 unspecified atom stereocenters. The van der Waals surface area contributed by atoms with Crippen molar-refractivity contribution >= 4 is 34.6 Å². The number of carbonyl (C=O) groups excluding carboxylic acids is 2. The maximum absolute atomic E-state index is 12.8. The Hall–Kier alpha value is -1.77. The van der Waals surface area contributed by atoms with Gasteiger partial charge in [0, 0.05) is 22.7 Å². The van der Waals surface area contributed by atoms with Gasteiger partial charge in [-0.1, -0.05) is 6.07 Å². The van der Waals surface area contributed by atoms with E-state index in [1.54, 1.807) is 11.3 Å². The highest BCUT2D eigenvalue weighted by molar-refractivity contribution is 7.10. The molecule has 0 spiro atoms. The van der Waals surface area contributed by atoms with Crippen molar-refractivity contribution in [1.82, 2.24) is 15.2 Å². The zero-order valence-corrected chi connectivity index (χ0v) is 17.3. The number of ether oxygens (including phenoxy) is 1. The molecule has 1 amide bonds. The molecule has 1 N–H and O–H groups in total. The van der Waals surface area contributed by atoms with Crippen LogP contribution >= 0.6 is 22.7 Å². The van der Waals surface area contributed by atoms with Gasteiger partial charge in [-0.25, -0.2) is 4.98 Å². The highest BCUT2D eigenvalue weighted by atomic mass is 32.1. The van der Waals surface area contributed by atoms with Gasteiger partial charge in [0.25, 0.3) is 0 Å². The van der Waals surface area contributed by atoms with Gasteiger partial charge in [-0.3, -0.25) is 14.5 Å². The lowest BCUT2D eigenvalue weighted by atomic mass is 9.95. The summed E-state index contributed by atoms with van der Waals surface area (Å²) in [6.45, 7) is 4.63. The van der Waals surface area contributed by atoms with Gasteiger partial charge in [0.05, 0.1) is 30.3 Å². The van der Waals surface area contributed by atoms with Crippen LogP contribution in [0.1, 0.15) is 40.9 Å². The SMILES string of the molecule is COC(=O)CC(NC(=O)C1CCN(Cc2csc(C)n2)CC1)c1cccs1. The molecule has 27 heavy (non-hydrogen) atoms. The summed E-state index contributed by atoms with van der Waals surface area (Å²) in [5.74, 6) is -0.304. The number of piperidine rings is 1. The van der Waals surface area contributed by atoms with Crippen molar-refractivity contribution in [1.29, 1.82) is 0 Å². The molecule has 1 fully saturated rings. The van der Waals surface area contributed by atoms with Crippen LogP contribution in [-0.2, 0) is 20.9 Å². The molecule has 0 saturated carbocycles. The molecule has 1 aliphatic rings. The minimum absolute atomic E-state index is 0.0153. The molecule has 1 aliphatic heterocycles. The minimum atomic E-state index is -0.319. The average molecular weight is 408 g/mol. The lowest BCUT2D eigenvalue weighted by Gasteiger charge is -2.31. The quantitative estimate of drug-likeness (QED) is 0.714. The summed E-state index contributed by atoms with van der Waals surface area (Å²) in [7, 11) is 1.37. The van der Waals surface area contributed by atoms with E-state index >= 15 is 0 Å².